The van der Waals surface area contributed by atoms with E-state index < -0.39 is 0 Å². The minimum atomic E-state index is -0.338. The number of para-hydroxylation sites is 1. The summed E-state index contributed by atoms with van der Waals surface area (Å²) in [7, 11) is 1.75. The molecule has 6 heteroatoms. The highest BCUT2D eigenvalue weighted by atomic mass is 16.2. The van der Waals surface area contributed by atoms with Crippen molar-refractivity contribution < 1.29 is 9.59 Å². The van der Waals surface area contributed by atoms with E-state index in [4.69, 9.17) is 0 Å². The molecule has 0 radical (unpaired) electrons. The Morgan fingerprint density at radius 1 is 0.852 bits per heavy atom. The number of carbonyl (C=O) groups is 2. The predicted octanol–water partition coefficient (Wildman–Crippen LogP) is 4.00. The number of nitrogens with zero attached hydrogens (tertiary/aromatic N) is 2. The zero-order chi connectivity index (χ0) is 19.1. The van der Waals surface area contributed by atoms with Gasteiger partial charge in [0.2, 0.25) is 0 Å². The molecule has 136 valence electrons. The van der Waals surface area contributed by atoms with E-state index in [1.165, 1.54) is 0 Å². The Kier molecular flexibility index (Phi) is 5.79. The van der Waals surface area contributed by atoms with Crippen LogP contribution in [-0.2, 0) is 6.54 Å². The molecule has 0 bridgehead atoms. The molecule has 0 unspecified atom stereocenters. The maximum Gasteiger partial charge on any atom is 0.323 e. The number of hydrogen-bond acceptors (Lipinski definition) is 3. The molecule has 2 N–H and O–H groups in total. The van der Waals surface area contributed by atoms with Crippen LogP contribution in [0.25, 0.3) is 0 Å². The van der Waals surface area contributed by atoms with Crippen LogP contribution < -0.4 is 10.6 Å². The van der Waals surface area contributed by atoms with Crippen LogP contribution in [0.1, 0.15) is 15.9 Å². The van der Waals surface area contributed by atoms with Gasteiger partial charge in [-0.15, -0.1) is 0 Å². The van der Waals surface area contributed by atoms with E-state index in [-0.39, 0.29) is 11.9 Å². The van der Waals surface area contributed by atoms with E-state index >= 15 is 0 Å². The fraction of sp³-hybridized carbons (Fsp3) is 0.0952. The molecule has 1 heterocycles. The van der Waals surface area contributed by atoms with Crippen LogP contribution in [0.4, 0.5) is 16.2 Å². The van der Waals surface area contributed by atoms with Crippen LogP contribution in [0.3, 0.4) is 0 Å². The summed E-state index contributed by atoms with van der Waals surface area (Å²) in [5.74, 6) is -0.0906. The van der Waals surface area contributed by atoms with E-state index in [0.29, 0.717) is 23.5 Å². The third-order valence-electron chi connectivity index (χ3n) is 3.94. The molecule has 0 saturated heterocycles. The monoisotopic (exact) mass is 360 g/mol. The van der Waals surface area contributed by atoms with Crippen molar-refractivity contribution in [3.8, 4) is 0 Å². The Morgan fingerprint density at radius 3 is 2.07 bits per heavy atom. The van der Waals surface area contributed by atoms with Crippen LogP contribution >= 0.6 is 0 Å². The number of pyridine rings is 1. The number of aromatic nitrogens is 1. The number of rotatable bonds is 5. The summed E-state index contributed by atoms with van der Waals surface area (Å²) in [6.07, 6.45) is 3.41. The lowest BCUT2D eigenvalue weighted by Gasteiger charge is -2.17. The standard InChI is InChI=1S/C21H20N4O2/c1-25(15-16-11-13-22-14-12-16)20(26)17-7-9-19(10-8-17)24-21(27)23-18-5-3-2-4-6-18/h2-14H,15H2,1H3,(H2,23,24,27). The molecule has 27 heavy (non-hydrogen) atoms. The summed E-state index contributed by atoms with van der Waals surface area (Å²) in [5, 5.41) is 5.49. The molecular weight excluding hydrogens is 340 g/mol. The quantitative estimate of drug-likeness (QED) is 0.722. The highest BCUT2D eigenvalue weighted by Gasteiger charge is 2.12. The summed E-state index contributed by atoms with van der Waals surface area (Å²) in [6, 6.07) is 19.4. The molecule has 2 aromatic carbocycles. The van der Waals surface area contributed by atoms with Crippen molar-refractivity contribution in [3.05, 3.63) is 90.3 Å². The number of hydrogen-bond donors (Lipinski definition) is 2. The highest BCUT2D eigenvalue weighted by Crippen LogP contribution is 2.13. The van der Waals surface area contributed by atoms with Crippen LogP contribution in [-0.4, -0.2) is 28.9 Å². The van der Waals surface area contributed by atoms with Gasteiger partial charge in [0.1, 0.15) is 0 Å². The fourth-order valence-corrected chi connectivity index (χ4v) is 2.57. The summed E-state index contributed by atoms with van der Waals surface area (Å²) in [4.78, 5) is 30.2. The van der Waals surface area contributed by atoms with Gasteiger partial charge in [-0.3, -0.25) is 9.78 Å². The van der Waals surface area contributed by atoms with Crippen molar-refractivity contribution >= 4 is 23.3 Å². The Labute approximate surface area is 157 Å². The number of carbonyl (C=O) groups excluding carboxylic acids is 2. The third-order valence-corrected chi connectivity index (χ3v) is 3.94. The van der Waals surface area contributed by atoms with E-state index in [2.05, 4.69) is 15.6 Å². The van der Waals surface area contributed by atoms with Crippen molar-refractivity contribution in [2.24, 2.45) is 0 Å². The van der Waals surface area contributed by atoms with Gasteiger partial charge in [0, 0.05) is 42.9 Å². The zero-order valence-electron chi connectivity index (χ0n) is 14.9. The number of benzene rings is 2. The Morgan fingerprint density at radius 2 is 1.44 bits per heavy atom. The number of anilines is 2. The van der Waals surface area contributed by atoms with Gasteiger partial charge in [-0.1, -0.05) is 18.2 Å². The summed E-state index contributed by atoms with van der Waals surface area (Å²) < 4.78 is 0. The first kappa shape index (κ1) is 18.1. The molecule has 0 aliphatic carbocycles. The molecule has 0 saturated carbocycles. The molecule has 0 fully saturated rings. The molecule has 0 aliphatic rings. The SMILES string of the molecule is CN(Cc1ccncc1)C(=O)c1ccc(NC(=O)Nc2ccccc2)cc1. The second-order valence-electron chi connectivity index (χ2n) is 6.04. The third kappa shape index (κ3) is 5.15. The number of urea groups is 1. The molecule has 3 aromatic rings. The molecule has 6 nitrogen and oxygen atoms in total. The first-order chi connectivity index (χ1) is 13.1. The van der Waals surface area contributed by atoms with Gasteiger partial charge >= 0.3 is 6.03 Å². The Bertz CT molecular complexity index is 896. The van der Waals surface area contributed by atoms with Gasteiger partial charge in [0.05, 0.1) is 0 Å². The van der Waals surface area contributed by atoms with Crippen LogP contribution in [0.2, 0.25) is 0 Å². The summed E-state index contributed by atoms with van der Waals surface area (Å²) in [5.41, 5.74) is 2.88. The van der Waals surface area contributed by atoms with Crippen LogP contribution in [0.15, 0.2) is 79.1 Å². The lowest BCUT2D eigenvalue weighted by atomic mass is 10.1. The normalized spacial score (nSPS) is 10.1. The predicted molar refractivity (Wildman–Crippen MR) is 106 cm³/mol. The van der Waals surface area contributed by atoms with Gasteiger partial charge in [-0.05, 0) is 54.1 Å². The van der Waals surface area contributed by atoms with Crippen LogP contribution in [0, 0.1) is 0 Å². The maximum absolute atomic E-state index is 12.5. The molecule has 0 aliphatic heterocycles. The van der Waals surface area contributed by atoms with Gasteiger partial charge in [0.15, 0.2) is 0 Å². The summed E-state index contributed by atoms with van der Waals surface area (Å²) in [6.45, 7) is 0.501. The smallest absolute Gasteiger partial charge is 0.323 e. The van der Waals surface area contributed by atoms with E-state index in [1.807, 2.05) is 30.3 Å². The van der Waals surface area contributed by atoms with Crippen molar-refractivity contribution in [1.82, 2.24) is 9.88 Å². The molecule has 1 aromatic heterocycles. The number of amides is 3. The Hall–Kier alpha value is -3.67. The fourth-order valence-electron chi connectivity index (χ4n) is 2.57. The van der Waals surface area contributed by atoms with Gasteiger partial charge in [-0.25, -0.2) is 4.79 Å². The molecular formula is C21H20N4O2. The lowest BCUT2D eigenvalue weighted by Crippen LogP contribution is -2.26. The second-order valence-corrected chi connectivity index (χ2v) is 6.04. The van der Waals surface area contributed by atoms with Gasteiger partial charge < -0.3 is 15.5 Å². The lowest BCUT2D eigenvalue weighted by molar-refractivity contribution is 0.0785. The molecule has 3 rings (SSSR count). The van der Waals surface area contributed by atoms with Crippen molar-refractivity contribution in [2.45, 2.75) is 6.54 Å². The molecule has 3 amide bonds. The van der Waals surface area contributed by atoms with E-state index in [0.717, 1.165) is 5.56 Å². The largest absolute Gasteiger partial charge is 0.337 e. The Balaban J connectivity index is 1.57. The first-order valence-corrected chi connectivity index (χ1v) is 8.49. The van der Waals surface area contributed by atoms with Crippen LogP contribution in [0.5, 0.6) is 0 Å². The van der Waals surface area contributed by atoms with Gasteiger partial charge in [-0.2, -0.15) is 0 Å². The maximum atomic E-state index is 12.5. The minimum absolute atomic E-state index is 0.0906. The molecule has 0 spiro atoms. The molecule has 0 atom stereocenters. The van der Waals surface area contributed by atoms with Crippen molar-refractivity contribution in [3.63, 3.8) is 0 Å². The summed E-state index contributed by atoms with van der Waals surface area (Å²) >= 11 is 0. The average Bonchev–Trinajstić information content (AvgIpc) is 2.69. The average molecular weight is 360 g/mol. The topological polar surface area (TPSA) is 74.3 Å². The first-order valence-electron chi connectivity index (χ1n) is 8.49. The zero-order valence-corrected chi connectivity index (χ0v) is 14.9. The van der Waals surface area contributed by atoms with Crippen molar-refractivity contribution in [2.75, 3.05) is 17.7 Å². The van der Waals surface area contributed by atoms with Gasteiger partial charge in [0.25, 0.3) is 5.91 Å². The minimum Gasteiger partial charge on any atom is -0.337 e. The highest BCUT2D eigenvalue weighted by molar-refractivity contribution is 6.00. The van der Waals surface area contributed by atoms with Crippen molar-refractivity contribution in [1.29, 1.82) is 0 Å². The second kappa shape index (κ2) is 8.62. The number of nitrogens with one attached hydrogen (secondary N) is 2. The van der Waals surface area contributed by atoms with E-state index in [1.54, 1.807) is 60.7 Å². The van der Waals surface area contributed by atoms with E-state index in [9.17, 15) is 9.59 Å².